The number of benzene rings is 2. The Morgan fingerprint density at radius 2 is 1.62 bits per heavy atom. The number of fused-ring (bicyclic) bond motifs is 1. The van der Waals surface area contributed by atoms with Gasteiger partial charge in [0.1, 0.15) is 0 Å². The lowest BCUT2D eigenvalue weighted by molar-refractivity contribution is 0.101. The highest BCUT2D eigenvalue weighted by Gasteiger charge is 2.21. The zero-order chi connectivity index (χ0) is 20.2. The normalized spacial score (nSPS) is 16.9. The first-order valence-corrected chi connectivity index (χ1v) is 10.7. The molecule has 0 spiro atoms. The van der Waals surface area contributed by atoms with Crippen molar-refractivity contribution in [3.63, 3.8) is 0 Å². The Balaban J connectivity index is 1.29. The molecule has 0 bridgehead atoms. The molecule has 0 radical (unpaired) electrons. The van der Waals surface area contributed by atoms with E-state index in [1.807, 2.05) is 12.3 Å². The van der Waals surface area contributed by atoms with Crippen molar-refractivity contribution in [2.45, 2.75) is 32.9 Å². The molecular weight excluding hydrogens is 358 g/mol. The van der Waals surface area contributed by atoms with E-state index in [-0.39, 0.29) is 5.78 Å². The van der Waals surface area contributed by atoms with Crippen LogP contribution in [0.5, 0.6) is 0 Å². The zero-order valence-electron chi connectivity index (χ0n) is 17.6. The van der Waals surface area contributed by atoms with Crippen molar-refractivity contribution in [1.29, 1.82) is 0 Å². The van der Waals surface area contributed by atoms with Crippen LogP contribution in [-0.2, 0) is 6.54 Å². The van der Waals surface area contributed by atoms with Gasteiger partial charge in [0, 0.05) is 61.4 Å². The second-order valence-electron chi connectivity index (χ2n) is 8.13. The van der Waals surface area contributed by atoms with Gasteiger partial charge in [0.05, 0.1) is 0 Å². The Morgan fingerprint density at radius 1 is 0.931 bits per heavy atom. The minimum absolute atomic E-state index is 0.142. The molecule has 1 unspecified atom stereocenters. The van der Waals surface area contributed by atoms with Gasteiger partial charge in [0.15, 0.2) is 5.78 Å². The van der Waals surface area contributed by atoms with Crippen molar-refractivity contribution in [2.24, 2.45) is 0 Å². The van der Waals surface area contributed by atoms with Gasteiger partial charge in [-0.25, -0.2) is 0 Å². The summed E-state index contributed by atoms with van der Waals surface area (Å²) in [6.07, 6.45) is 3.14. The molecule has 4 nitrogen and oxygen atoms in total. The number of Topliss-reactive ketones (excluding diaryl/α,β-unsaturated/α-hetero) is 1. The Hall–Kier alpha value is -2.43. The summed E-state index contributed by atoms with van der Waals surface area (Å²) in [5.41, 5.74) is 3.41. The third-order valence-corrected chi connectivity index (χ3v) is 6.28. The van der Waals surface area contributed by atoms with Crippen LogP contribution >= 0.6 is 0 Å². The molecule has 4 heteroatoms. The predicted molar refractivity (Wildman–Crippen MR) is 119 cm³/mol. The summed E-state index contributed by atoms with van der Waals surface area (Å²) in [6, 6.07) is 19.5. The highest BCUT2D eigenvalue weighted by atomic mass is 16.1. The van der Waals surface area contributed by atoms with E-state index in [9.17, 15) is 4.79 Å². The largest absolute Gasteiger partial charge is 0.347 e. The number of aryl methyl sites for hydroxylation is 1. The van der Waals surface area contributed by atoms with Crippen LogP contribution in [0.3, 0.4) is 0 Å². The number of carbonyl (C=O) groups is 1. The molecule has 0 amide bonds. The van der Waals surface area contributed by atoms with Crippen LogP contribution in [0.1, 0.15) is 42.2 Å². The highest BCUT2D eigenvalue weighted by molar-refractivity contribution is 6.06. The number of ketones is 1. The average molecular weight is 390 g/mol. The second-order valence-corrected chi connectivity index (χ2v) is 8.13. The molecule has 0 N–H and O–H groups in total. The molecule has 2 heterocycles. The average Bonchev–Trinajstić information content (AvgIpc) is 3.13. The van der Waals surface area contributed by atoms with Crippen LogP contribution in [0, 0.1) is 0 Å². The van der Waals surface area contributed by atoms with Crippen LogP contribution in [0.15, 0.2) is 60.8 Å². The fraction of sp³-hybridized carbons (Fsp3) is 0.400. The molecule has 1 atom stereocenters. The molecule has 1 aliphatic rings. The monoisotopic (exact) mass is 389 g/mol. The number of piperazine rings is 1. The third kappa shape index (κ3) is 4.44. The molecule has 152 valence electrons. The van der Waals surface area contributed by atoms with E-state index in [1.165, 1.54) is 11.1 Å². The van der Waals surface area contributed by atoms with Crippen LogP contribution in [0.25, 0.3) is 10.9 Å². The molecule has 0 saturated carbocycles. The highest BCUT2D eigenvalue weighted by Crippen LogP contribution is 2.23. The summed E-state index contributed by atoms with van der Waals surface area (Å²) in [4.78, 5) is 17.1. The number of nitrogens with zero attached hydrogens (tertiary/aromatic N) is 3. The van der Waals surface area contributed by atoms with E-state index < -0.39 is 0 Å². The van der Waals surface area contributed by atoms with E-state index in [4.69, 9.17) is 0 Å². The van der Waals surface area contributed by atoms with E-state index >= 15 is 0 Å². The lowest BCUT2D eigenvalue weighted by Crippen LogP contribution is -2.47. The molecule has 0 aliphatic carbocycles. The SMILES string of the molecule is CC(=O)c1cn(CCCN2CCN(C(C)c3ccccc3)CC2)c2ccccc12. The minimum atomic E-state index is 0.142. The van der Waals surface area contributed by atoms with Gasteiger partial charge in [0.25, 0.3) is 0 Å². The maximum absolute atomic E-state index is 12.0. The quantitative estimate of drug-likeness (QED) is 0.552. The standard InChI is InChI=1S/C25H31N3O/c1-20(22-9-4-3-5-10-22)27-17-15-26(16-18-27)13-8-14-28-19-24(21(2)29)23-11-6-7-12-25(23)28/h3-7,9-12,19-20H,8,13-18H2,1-2H3. The predicted octanol–water partition coefficient (Wildman–Crippen LogP) is 4.61. The molecule has 29 heavy (non-hydrogen) atoms. The number of aromatic nitrogens is 1. The number of para-hydroxylation sites is 1. The van der Waals surface area contributed by atoms with Gasteiger partial charge in [-0.15, -0.1) is 0 Å². The van der Waals surface area contributed by atoms with Gasteiger partial charge in [-0.3, -0.25) is 9.69 Å². The number of hydrogen-bond acceptors (Lipinski definition) is 3. The lowest BCUT2D eigenvalue weighted by Gasteiger charge is -2.38. The van der Waals surface area contributed by atoms with Crippen molar-refractivity contribution in [3.05, 3.63) is 71.9 Å². The van der Waals surface area contributed by atoms with Crippen molar-refractivity contribution in [2.75, 3.05) is 32.7 Å². The van der Waals surface area contributed by atoms with Gasteiger partial charge in [-0.1, -0.05) is 48.5 Å². The lowest BCUT2D eigenvalue weighted by atomic mass is 10.1. The van der Waals surface area contributed by atoms with Gasteiger partial charge in [0.2, 0.25) is 0 Å². The summed E-state index contributed by atoms with van der Waals surface area (Å²) < 4.78 is 2.25. The Labute approximate surface area is 173 Å². The first kappa shape index (κ1) is 19.9. The smallest absolute Gasteiger partial charge is 0.161 e. The van der Waals surface area contributed by atoms with Crippen molar-refractivity contribution >= 4 is 16.7 Å². The van der Waals surface area contributed by atoms with Gasteiger partial charge >= 0.3 is 0 Å². The van der Waals surface area contributed by atoms with E-state index in [2.05, 4.69) is 69.8 Å². The van der Waals surface area contributed by atoms with E-state index in [0.717, 1.165) is 56.6 Å². The maximum atomic E-state index is 12.0. The van der Waals surface area contributed by atoms with Gasteiger partial charge in [-0.05, 0) is 38.4 Å². The first-order chi connectivity index (χ1) is 14.1. The Bertz CT molecular complexity index is 955. The summed E-state index contributed by atoms with van der Waals surface area (Å²) in [7, 11) is 0. The second kappa shape index (κ2) is 8.93. The summed E-state index contributed by atoms with van der Waals surface area (Å²) in [5, 5.41) is 1.07. The van der Waals surface area contributed by atoms with Crippen molar-refractivity contribution in [1.82, 2.24) is 14.4 Å². The van der Waals surface area contributed by atoms with Crippen LogP contribution < -0.4 is 0 Å². The minimum Gasteiger partial charge on any atom is -0.347 e. The number of carbonyl (C=O) groups excluding carboxylic acids is 1. The fourth-order valence-corrected chi connectivity index (χ4v) is 4.49. The Kier molecular flexibility index (Phi) is 6.12. The van der Waals surface area contributed by atoms with Gasteiger partial charge in [-0.2, -0.15) is 0 Å². The third-order valence-electron chi connectivity index (χ3n) is 6.28. The molecule has 1 aliphatic heterocycles. The van der Waals surface area contributed by atoms with Crippen molar-refractivity contribution < 1.29 is 4.79 Å². The Morgan fingerprint density at radius 3 is 2.34 bits per heavy atom. The van der Waals surface area contributed by atoms with Crippen LogP contribution in [-0.4, -0.2) is 52.9 Å². The molecule has 1 fully saturated rings. The van der Waals surface area contributed by atoms with E-state index in [0.29, 0.717) is 6.04 Å². The van der Waals surface area contributed by atoms with Crippen molar-refractivity contribution in [3.8, 4) is 0 Å². The molecule has 1 aromatic heterocycles. The van der Waals surface area contributed by atoms with Crippen LogP contribution in [0.2, 0.25) is 0 Å². The molecule has 3 aromatic rings. The molecule has 2 aromatic carbocycles. The molecule has 4 rings (SSSR count). The summed E-state index contributed by atoms with van der Waals surface area (Å²) in [5.74, 6) is 0.142. The topological polar surface area (TPSA) is 28.5 Å². The number of rotatable bonds is 7. The fourth-order valence-electron chi connectivity index (χ4n) is 4.49. The summed E-state index contributed by atoms with van der Waals surface area (Å²) in [6.45, 7) is 10.5. The summed E-state index contributed by atoms with van der Waals surface area (Å²) >= 11 is 0. The van der Waals surface area contributed by atoms with Gasteiger partial charge < -0.3 is 9.47 Å². The first-order valence-electron chi connectivity index (χ1n) is 10.7. The van der Waals surface area contributed by atoms with E-state index in [1.54, 1.807) is 6.92 Å². The maximum Gasteiger partial charge on any atom is 0.161 e. The zero-order valence-corrected chi connectivity index (χ0v) is 17.6. The molecule has 1 saturated heterocycles. The molecular formula is C25H31N3O. The van der Waals surface area contributed by atoms with Crippen LogP contribution in [0.4, 0.5) is 0 Å². The number of hydrogen-bond donors (Lipinski definition) is 0.